The van der Waals surface area contributed by atoms with Gasteiger partial charge >= 0.3 is 0 Å². The van der Waals surface area contributed by atoms with Crippen LogP contribution in [0.5, 0.6) is 0 Å². The standard InChI is InChI=1S/C16H12N4S/c17-15-14(11-5-2-1-3-6-11)19-16-20(15)13(10-21-16)12-7-4-8-18-9-12/h1-10H,17H2. The predicted octanol–water partition coefficient (Wildman–Crippen LogP) is 3.71. The van der Waals surface area contributed by atoms with E-state index in [1.165, 1.54) is 0 Å². The number of pyridine rings is 1. The van der Waals surface area contributed by atoms with Crippen molar-refractivity contribution < 1.29 is 0 Å². The summed E-state index contributed by atoms with van der Waals surface area (Å²) in [6.07, 6.45) is 3.60. The SMILES string of the molecule is Nc1c(-c2ccccc2)nc2scc(-c3cccnc3)n12. The van der Waals surface area contributed by atoms with E-state index >= 15 is 0 Å². The maximum Gasteiger partial charge on any atom is 0.196 e. The molecule has 0 aliphatic heterocycles. The maximum absolute atomic E-state index is 6.34. The molecular weight excluding hydrogens is 280 g/mol. The van der Waals surface area contributed by atoms with Gasteiger partial charge in [-0.1, -0.05) is 30.3 Å². The molecular formula is C16H12N4S. The van der Waals surface area contributed by atoms with Crippen molar-refractivity contribution in [3.63, 3.8) is 0 Å². The normalized spacial score (nSPS) is 11.0. The van der Waals surface area contributed by atoms with Gasteiger partial charge in [-0.2, -0.15) is 0 Å². The third-order valence-corrected chi connectivity index (χ3v) is 4.23. The topological polar surface area (TPSA) is 56.2 Å². The molecule has 0 aliphatic carbocycles. The van der Waals surface area contributed by atoms with Crippen LogP contribution in [0.1, 0.15) is 0 Å². The first-order valence-electron chi connectivity index (χ1n) is 6.56. The molecule has 0 saturated carbocycles. The van der Waals surface area contributed by atoms with Crippen molar-refractivity contribution in [2.45, 2.75) is 0 Å². The second-order valence-corrected chi connectivity index (χ2v) is 5.53. The number of benzene rings is 1. The average Bonchev–Trinajstić information content (AvgIpc) is 3.10. The number of imidazole rings is 1. The summed E-state index contributed by atoms with van der Waals surface area (Å²) in [4.78, 5) is 9.73. The fourth-order valence-corrected chi connectivity index (χ4v) is 3.31. The lowest BCUT2D eigenvalue weighted by atomic mass is 10.1. The van der Waals surface area contributed by atoms with E-state index in [-0.39, 0.29) is 0 Å². The maximum atomic E-state index is 6.34. The van der Waals surface area contributed by atoms with Crippen molar-refractivity contribution in [2.24, 2.45) is 0 Å². The average molecular weight is 292 g/mol. The second kappa shape index (κ2) is 4.71. The summed E-state index contributed by atoms with van der Waals surface area (Å²) >= 11 is 1.58. The van der Waals surface area contributed by atoms with Gasteiger partial charge in [-0.3, -0.25) is 9.38 Å². The van der Waals surface area contributed by atoms with Gasteiger partial charge in [0.2, 0.25) is 0 Å². The van der Waals surface area contributed by atoms with Crippen LogP contribution >= 0.6 is 11.3 Å². The molecule has 0 spiro atoms. The number of aromatic nitrogens is 3. The lowest BCUT2D eigenvalue weighted by Crippen LogP contribution is -1.95. The number of anilines is 1. The third-order valence-electron chi connectivity index (χ3n) is 3.40. The molecule has 0 bridgehead atoms. The largest absolute Gasteiger partial charge is 0.383 e. The molecule has 2 N–H and O–H groups in total. The van der Waals surface area contributed by atoms with Crippen molar-refractivity contribution in [2.75, 3.05) is 5.73 Å². The van der Waals surface area contributed by atoms with E-state index in [2.05, 4.69) is 15.3 Å². The van der Waals surface area contributed by atoms with Gasteiger partial charge in [-0.25, -0.2) is 4.98 Å². The number of nitrogen functional groups attached to an aromatic ring is 1. The molecule has 21 heavy (non-hydrogen) atoms. The van der Waals surface area contributed by atoms with Gasteiger partial charge in [-0.05, 0) is 12.1 Å². The predicted molar refractivity (Wildman–Crippen MR) is 86.1 cm³/mol. The number of thiazole rings is 1. The van der Waals surface area contributed by atoms with Gasteiger partial charge < -0.3 is 5.73 Å². The molecule has 4 rings (SSSR count). The van der Waals surface area contributed by atoms with Crippen LogP contribution in [0, 0.1) is 0 Å². The molecule has 102 valence electrons. The molecule has 5 heteroatoms. The molecule has 0 fully saturated rings. The Morgan fingerprint density at radius 3 is 2.57 bits per heavy atom. The van der Waals surface area contributed by atoms with Gasteiger partial charge in [0.1, 0.15) is 11.5 Å². The Balaban J connectivity index is 1.95. The number of nitrogens with zero attached hydrogens (tertiary/aromatic N) is 3. The van der Waals surface area contributed by atoms with Gasteiger partial charge in [0, 0.05) is 28.9 Å². The molecule has 0 radical (unpaired) electrons. The fraction of sp³-hybridized carbons (Fsp3) is 0. The van der Waals surface area contributed by atoms with Crippen molar-refractivity contribution in [1.29, 1.82) is 0 Å². The summed E-state index contributed by atoms with van der Waals surface area (Å²) in [5.74, 6) is 0.663. The number of nitrogens with two attached hydrogens (primary N) is 1. The van der Waals surface area contributed by atoms with Crippen molar-refractivity contribution in [1.82, 2.24) is 14.4 Å². The number of rotatable bonds is 2. The number of hydrogen-bond acceptors (Lipinski definition) is 4. The van der Waals surface area contributed by atoms with Crippen LogP contribution < -0.4 is 5.73 Å². The molecule has 4 nitrogen and oxygen atoms in total. The Labute approximate surface area is 125 Å². The highest BCUT2D eigenvalue weighted by molar-refractivity contribution is 7.15. The van der Waals surface area contributed by atoms with Crippen molar-refractivity contribution in [3.05, 3.63) is 60.2 Å². The summed E-state index contributed by atoms with van der Waals surface area (Å²) in [6, 6.07) is 14.0. The van der Waals surface area contributed by atoms with Crippen molar-refractivity contribution in [3.8, 4) is 22.5 Å². The van der Waals surface area contributed by atoms with E-state index in [9.17, 15) is 0 Å². The molecule has 0 unspecified atom stereocenters. The fourth-order valence-electron chi connectivity index (χ4n) is 2.40. The third kappa shape index (κ3) is 1.90. The molecule has 0 atom stereocenters. The monoisotopic (exact) mass is 292 g/mol. The molecule has 3 aromatic heterocycles. The van der Waals surface area contributed by atoms with E-state index in [1.54, 1.807) is 17.5 Å². The minimum absolute atomic E-state index is 0.663. The zero-order valence-corrected chi connectivity index (χ0v) is 11.9. The Hall–Kier alpha value is -2.66. The van der Waals surface area contributed by atoms with E-state index in [0.717, 1.165) is 27.5 Å². The lowest BCUT2D eigenvalue weighted by molar-refractivity contribution is 1.23. The molecule has 3 heterocycles. The summed E-state index contributed by atoms with van der Waals surface area (Å²) in [6.45, 7) is 0. The molecule has 1 aromatic carbocycles. The Morgan fingerprint density at radius 2 is 1.81 bits per heavy atom. The van der Waals surface area contributed by atoms with Crippen LogP contribution in [0.3, 0.4) is 0 Å². The summed E-state index contributed by atoms with van der Waals surface area (Å²) < 4.78 is 1.99. The van der Waals surface area contributed by atoms with Crippen LogP contribution in [0.4, 0.5) is 5.82 Å². The first-order chi connectivity index (χ1) is 10.3. The molecule has 0 amide bonds. The van der Waals surface area contributed by atoms with Crippen LogP contribution in [0.15, 0.2) is 60.2 Å². The van der Waals surface area contributed by atoms with Crippen LogP contribution in [-0.4, -0.2) is 14.4 Å². The number of fused-ring (bicyclic) bond motifs is 1. The zero-order chi connectivity index (χ0) is 14.2. The lowest BCUT2D eigenvalue weighted by Gasteiger charge is -2.02. The minimum atomic E-state index is 0.663. The van der Waals surface area contributed by atoms with Gasteiger partial charge in [0.05, 0.1) is 5.69 Å². The first-order valence-corrected chi connectivity index (χ1v) is 7.44. The Morgan fingerprint density at radius 1 is 1.00 bits per heavy atom. The highest BCUT2D eigenvalue weighted by Crippen LogP contribution is 2.33. The Kier molecular flexibility index (Phi) is 2.72. The van der Waals surface area contributed by atoms with Gasteiger partial charge in [0.15, 0.2) is 4.96 Å². The van der Waals surface area contributed by atoms with Crippen LogP contribution in [-0.2, 0) is 0 Å². The quantitative estimate of drug-likeness (QED) is 0.613. The van der Waals surface area contributed by atoms with E-state index in [1.807, 2.05) is 53.1 Å². The minimum Gasteiger partial charge on any atom is -0.383 e. The van der Waals surface area contributed by atoms with E-state index in [0.29, 0.717) is 5.82 Å². The summed E-state index contributed by atoms with van der Waals surface area (Å²) in [5.41, 5.74) is 10.3. The first kappa shape index (κ1) is 12.1. The van der Waals surface area contributed by atoms with Crippen LogP contribution in [0.25, 0.3) is 27.5 Å². The molecule has 0 aliphatic rings. The van der Waals surface area contributed by atoms with Gasteiger partial charge in [0.25, 0.3) is 0 Å². The molecule has 4 aromatic rings. The van der Waals surface area contributed by atoms with Gasteiger partial charge in [-0.15, -0.1) is 11.3 Å². The summed E-state index contributed by atoms with van der Waals surface area (Å²) in [5, 5.41) is 2.06. The van der Waals surface area contributed by atoms with Crippen LogP contribution in [0.2, 0.25) is 0 Å². The Bertz CT molecular complexity index is 894. The van der Waals surface area contributed by atoms with E-state index in [4.69, 9.17) is 5.73 Å². The number of hydrogen-bond donors (Lipinski definition) is 1. The highest BCUT2D eigenvalue weighted by atomic mass is 32.1. The summed E-state index contributed by atoms with van der Waals surface area (Å²) in [7, 11) is 0. The van der Waals surface area contributed by atoms with Crippen molar-refractivity contribution >= 4 is 22.1 Å². The van der Waals surface area contributed by atoms with E-state index < -0.39 is 0 Å². The zero-order valence-electron chi connectivity index (χ0n) is 11.1. The smallest absolute Gasteiger partial charge is 0.196 e. The second-order valence-electron chi connectivity index (χ2n) is 4.69. The highest BCUT2D eigenvalue weighted by Gasteiger charge is 2.16. The molecule has 0 saturated heterocycles.